The van der Waals surface area contributed by atoms with E-state index in [4.69, 9.17) is 0 Å². The molecule has 0 spiro atoms. The number of hydrogen-bond donors (Lipinski definition) is 2. The van der Waals surface area contributed by atoms with Gasteiger partial charge in [0.25, 0.3) is 5.91 Å². The summed E-state index contributed by atoms with van der Waals surface area (Å²) < 4.78 is 0. The Kier molecular flexibility index (Phi) is 4.39. The van der Waals surface area contributed by atoms with E-state index in [0.29, 0.717) is 10.9 Å². The highest BCUT2D eigenvalue weighted by Gasteiger charge is 2.27. The van der Waals surface area contributed by atoms with Gasteiger partial charge in [-0.3, -0.25) is 9.59 Å². The lowest BCUT2D eigenvalue weighted by molar-refractivity contribution is 0.0913. The monoisotopic (exact) mass is 334 g/mol. The number of alkyl halides is 1. The number of H-pyrrole nitrogens is 1. The molecule has 1 aromatic carbocycles. The first-order valence-corrected chi connectivity index (χ1v) is 7.30. The summed E-state index contributed by atoms with van der Waals surface area (Å²) >= 11 is 3.45. The van der Waals surface area contributed by atoms with E-state index in [1.165, 1.54) is 18.3 Å². The van der Waals surface area contributed by atoms with Gasteiger partial charge in [0, 0.05) is 17.6 Å². The second-order valence-electron chi connectivity index (χ2n) is 4.73. The molecule has 0 radical (unpaired) electrons. The maximum absolute atomic E-state index is 12.2. The van der Waals surface area contributed by atoms with Crippen LogP contribution < -0.4 is 10.9 Å². The highest BCUT2D eigenvalue weighted by molar-refractivity contribution is 9.09. The molecule has 1 aromatic heterocycles. The molecule has 2 aromatic rings. The van der Waals surface area contributed by atoms with Gasteiger partial charge in [-0.1, -0.05) is 46.3 Å². The normalized spacial score (nSPS) is 13.5. The van der Waals surface area contributed by atoms with Gasteiger partial charge < -0.3 is 10.3 Å². The Morgan fingerprint density at radius 1 is 1.25 bits per heavy atom. The van der Waals surface area contributed by atoms with E-state index in [1.807, 2.05) is 37.3 Å². The zero-order chi connectivity index (χ0) is 14.6. The minimum absolute atomic E-state index is 0.229. The van der Waals surface area contributed by atoms with Crippen molar-refractivity contribution in [3.63, 3.8) is 0 Å². The first-order valence-electron chi connectivity index (χ1n) is 6.18. The molecule has 0 aliphatic carbocycles. The second-order valence-corrected chi connectivity index (χ2v) is 5.29. The standard InChI is InChI=1S/C15H15BrN2O2/c1-15(10-16,12-5-3-2-4-6-12)18-14(20)11-7-8-13(19)17-9-11/h2-9H,10H2,1H3,(H,17,19)(H,18,20). The number of rotatable bonds is 4. The minimum Gasteiger partial charge on any atom is -0.342 e. The van der Waals surface area contributed by atoms with Crippen LogP contribution in [0.5, 0.6) is 0 Å². The molecule has 2 N–H and O–H groups in total. The van der Waals surface area contributed by atoms with E-state index in [-0.39, 0.29) is 11.5 Å². The fourth-order valence-electron chi connectivity index (χ4n) is 1.86. The molecule has 0 aliphatic heterocycles. The van der Waals surface area contributed by atoms with Crippen molar-refractivity contribution in [2.75, 3.05) is 5.33 Å². The van der Waals surface area contributed by atoms with Crippen molar-refractivity contribution in [2.24, 2.45) is 0 Å². The molecule has 20 heavy (non-hydrogen) atoms. The van der Waals surface area contributed by atoms with Crippen LogP contribution in [0.15, 0.2) is 53.5 Å². The Bertz CT molecular complexity index is 634. The van der Waals surface area contributed by atoms with Crippen LogP contribution in [0.2, 0.25) is 0 Å². The number of nitrogens with one attached hydrogen (secondary N) is 2. The molecule has 1 atom stereocenters. The second kappa shape index (κ2) is 6.05. The Morgan fingerprint density at radius 2 is 1.95 bits per heavy atom. The van der Waals surface area contributed by atoms with Crippen molar-refractivity contribution < 1.29 is 4.79 Å². The lowest BCUT2D eigenvalue weighted by Crippen LogP contribution is -2.45. The van der Waals surface area contributed by atoms with Crippen molar-refractivity contribution >= 4 is 21.8 Å². The summed E-state index contributed by atoms with van der Waals surface area (Å²) in [5, 5.41) is 3.57. The van der Waals surface area contributed by atoms with Gasteiger partial charge in [0.2, 0.25) is 5.56 Å². The zero-order valence-corrected chi connectivity index (χ0v) is 12.6. The van der Waals surface area contributed by atoms with Crippen LogP contribution in [0, 0.1) is 0 Å². The predicted molar refractivity (Wildman–Crippen MR) is 82.1 cm³/mol. The number of carbonyl (C=O) groups is 1. The molecular formula is C15H15BrN2O2. The molecule has 0 bridgehead atoms. The number of pyridine rings is 1. The summed E-state index contributed by atoms with van der Waals surface area (Å²) in [5.41, 5.74) is 0.685. The van der Waals surface area contributed by atoms with Crippen LogP contribution in [0.3, 0.4) is 0 Å². The van der Waals surface area contributed by atoms with Gasteiger partial charge in [-0.25, -0.2) is 0 Å². The molecule has 5 heteroatoms. The van der Waals surface area contributed by atoms with Crippen molar-refractivity contribution in [1.29, 1.82) is 0 Å². The summed E-state index contributed by atoms with van der Waals surface area (Å²) in [7, 11) is 0. The Labute approximate surface area is 125 Å². The maximum atomic E-state index is 12.2. The van der Waals surface area contributed by atoms with Crippen LogP contribution in [-0.4, -0.2) is 16.2 Å². The summed E-state index contributed by atoms with van der Waals surface area (Å²) in [5.74, 6) is -0.230. The van der Waals surface area contributed by atoms with E-state index in [0.717, 1.165) is 5.56 Å². The Balaban J connectivity index is 2.24. The van der Waals surface area contributed by atoms with Crippen LogP contribution in [0.25, 0.3) is 0 Å². The first-order chi connectivity index (χ1) is 9.55. The van der Waals surface area contributed by atoms with E-state index < -0.39 is 5.54 Å². The maximum Gasteiger partial charge on any atom is 0.253 e. The molecule has 0 fully saturated rings. The average molecular weight is 335 g/mol. The molecule has 0 aliphatic rings. The highest BCUT2D eigenvalue weighted by atomic mass is 79.9. The molecule has 1 heterocycles. The smallest absolute Gasteiger partial charge is 0.253 e. The number of carbonyl (C=O) groups excluding carboxylic acids is 1. The van der Waals surface area contributed by atoms with Gasteiger partial charge in [-0.2, -0.15) is 0 Å². The van der Waals surface area contributed by atoms with E-state index in [1.54, 1.807) is 0 Å². The van der Waals surface area contributed by atoms with Gasteiger partial charge in [0.05, 0.1) is 11.1 Å². The minimum atomic E-state index is -0.519. The number of amides is 1. The van der Waals surface area contributed by atoms with Gasteiger partial charge in [0.1, 0.15) is 0 Å². The number of aromatic nitrogens is 1. The highest BCUT2D eigenvalue weighted by Crippen LogP contribution is 2.23. The van der Waals surface area contributed by atoms with Crippen LogP contribution in [-0.2, 0) is 5.54 Å². The Hall–Kier alpha value is -1.88. The molecule has 0 saturated heterocycles. The van der Waals surface area contributed by atoms with Crippen LogP contribution in [0.1, 0.15) is 22.8 Å². The lowest BCUT2D eigenvalue weighted by Gasteiger charge is -2.29. The summed E-state index contributed by atoms with van der Waals surface area (Å²) in [6.45, 7) is 1.95. The van der Waals surface area contributed by atoms with Gasteiger partial charge in [-0.15, -0.1) is 0 Å². The molecule has 1 amide bonds. The van der Waals surface area contributed by atoms with Crippen molar-refractivity contribution in [2.45, 2.75) is 12.5 Å². The average Bonchev–Trinajstić information content (AvgIpc) is 2.48. The lowest BCUT2D eigenvalue weighted by atomic mass is 9.94. The first kappa shape index (κ1) is 14.5. The topological polar surface area (TPSA) is 62.0 Å². The number of benzene rings is 1. The number of hydrogen-bond acceptors (Lipinski definition) is 2. The third-order valence-electron chi connectivity index (χ3n) is 3.11. The van der Waals surface area contributed by atoms with Crippen LogP contribution in [0.4, 0.5) is 0 Å². The van der Waals surface area contributed by atoms with E-state index in [9.17, 15) is 9.59 Å². The van der Waals surface area contributed by atoms with Crippen LogP contribution >= 0.6 is 15.9 Å². The Morgan fingerprint density at radius 3 is 2.50 bits per heavy atom. The predicted octanol–water partition coefficient (Wildman–Crippen LogP) is 2.42. The van der Waals surface area contributed by atoms with Crippen molar-refractivity contribution in [1.82, 2.24) is 10.3 Å². The van der Waals surface area contributed by atoms with Crippen molar-refractivity contribution in [3.05, 3.63) is 70.1 Å². The van der Waals surface area contributed by atoms with Gasteiger partial charge in [0.15, 0.2) is 0 Å². The number of aromatic amines is 1. The quantitative estimate of drug-likeness (QED) is 0.843. The molecule has 2 rings (SSSR count). The van der Waals surface area contributed by atoms with E-state index >= 15 is 0 Å². The summed E-state index contributed by atoms with van der Waals surface area (Å²) in [6.07, 6.45) is 1.41. The van der Waals surface area contributed by atoms with Gasteiger partial charge in [-0.05, 0) is 18.6 Å². The third kappa shape index (κ3) is 3.17. The summed E-state index contributed by atoms with van der Waals surface area (Å²) in [6, 6.07) is 12.6. The molecule has 1 unspecified atom stereocenters. The van der Waals surface area contributed by atoms with Gasteiger partial charge >= 0.3 is 0 Å². The van der Waals surface area contributed by atoms with E-state index in [2.05, 4.69) is 26.2 Å². The SMILES string of the molecule is CC(CBr)(NC(=O)c1ccc(=O)[nH]c1)c1ccccc1. The number of halogens is 1. The summed E-state index contributed by atoms with van der Waals surface area (Å²) in [4.78, 5) is 25.8. The molecular weight excluding hydrogens is 320 g/mol. The molecule has 0 saturated carbocycles. The largest absolute Gasteiger partial charge is 0.342 e. The third-order valence-corrected chi connectivity index (χ3v) is 4.24. The zero-order valence-electron chi connectivity index (χ0n) is 11.0. The fraction of sp³-hybridized carbons (Fsp3) is 0.200. The fourth-order valence-corrected chi connectivity index (χ4v) is 2.33. The molecule has 4 nitrogen and oxygen atoms in total. The van der Waals surface area contributed by atoms with Crippen molar-refractivity contribution in [3.8, 4) is 0 Å². The molecule has 104 valence electrons.